The largest absolute Gasteiger partial charge is 0.379 e. The van der Waals surface area contributed by atoms with Crippen molar-refractivity contribution < 1.29 is 9.42 Å². The highest BCUT2D eigenvalue weighted by atomic mass is 35.5. The number of hydrogen-bond donors (Lipinski definition) is 2. The summed E-state index contributed by atoms with van der Waals surface area (Å²) in [7, 11) is 0. The molecule has 82 valence electrons. The molecule has 0 unspecified atom stereocenters. The van der Waals surface area contributed by atoms with Crippen LogP contribution in [0, 0.1) is 0 Å². The van der Waals surface area contributed by atoms with Crippen molar-refractivity contribution in [1.29, 1.82) is 0 Å². The average molecular weight is 240 g/mol. The van der Waals surface area contributed by atoms with Crippen LogP contribution < -0.4 is 11.1 Å². The van der Waals surface area contributed by atoms with E-state index in [4.69, 9.17) is 17.3 Å². The second kappa shape index (κ2) is 4.15. The van der Waals surface area contributed by atoms with Gasteiger partial charge in [0, 0.05) is 6.20 Å². The molecule has 2 heterocycles. The molecule has 0 fully saturated rings. The summed E-state index contributed by atoms with van der Waals surface area (Å²) in [6.45, 7) is 0. The number of halogens is 1. The number of rotatable bonds is 2. The molecule has 2 aromatic heterocycles. The fraction of sp³-hybridized carbons (Fsp3) is 0. The van der Waals surface area contributed by atoms with Crippen LogP contribution in [0.4, 0.5) is 11.5 Å². The topological polar surface area (TPSA) is 107 Å². The Bertz CT molecular complexity index is 527. The third kappa shape index (κ3) is 1.94. The minimum absolute atomic E-state index is 0.0856. The molecule has 0 saturated carbocycles. The molecule has 0 spiro atoms. The van der Waals surface area contributed by atoms with Crippen LogP contribution in [0.5, 0.6) is 0 Å². The van der Waals surface area contributed by atoms with Gasteiger partial charge < -0.3 is 11.1 Å². The van der Waals surface area contributed by atoms with E-state index in [9.17, 15) is 4.79 Å². The summed E-state index contributed by atoms with van der Waals surface area (Å²) in [5.74, 6) is -0.647. The lowest BCUT2D eigenvalue weighted by atomic mass is 10.3. The first kappa shape index (κ1) is 10.4. The summed E-state index contributed by atoms with van der Waals surface area (Å²) in [5.41, 5.74) is 5.62. The van der Waals surface area contributed by atoms with E-state index in [0.29, 0.717) is 5.69 Å². The Labute approximate surface area is 94.6 Å². The Morgan fingerprint density at radius 3 is 2.94 bits per heavy atom. The molecule has 0 radical (unpaired) electrons. The SMILES string of the molecule is Nc1nonc1C(=O)Nc1cccnc1Cl. The fourth-order valence-corrected chi connectivity index (χ4v) is 1.18. The third-order valence-corrected chi connectivity index (χ3v) is 2.04. The average Bonchev–Trinajstić information content (AvgIpc) is 2.68. The Morgan fingerprint density at radius 1 is 1.50 bits per heavy atom. The number of carbonyl (C=O) groups excluding carboxylic acids is 1. The smallest absolute Gasteiger partial charge is 0.281 e. The Balaban J connectivity index is 2.21. The van der Waals surface area contributed by atoms with E-state index >= 15 is 0 Å². The van der Waals surface area contributed by atoms with Crippen LogP contribution in [-0.2, 0) is 0 Å². The van der Waals surface area contributed by atoms with Gasteiger partial charge in [-0.15, -0.1) is 0 Å². The van der Waals surface area contributed by atoms with Crippen molar-refractivity contribution in [3.05, 3.63) is 29.2 Å². The van der Waals surface area contributed by atoms with Gasteiger partial charge >= 0.3 is 0 Å². The van der Waals surface area contributed by atoms with Gasteiger partial charge in [0.2, 0.25) is 11.5 Å². The monoisotopic (exact) mass is 239 g/mol. The molecule has 0 atom stereocenters. The molecule has 16 heavy (non-hydrogen) atoms. The summed E-state index contributed by atoms with van der Waals surface area (Å²) in [5, 5.41) is 9.29. The molecule has 2 rings (SSSR count). The predicted molar refractivity (Wildman–Crippen MR) is 55.9 cm³/mol. The number of amides is 1. The molecule has 0 aromatic carbocycles. The first-order valence-corrected chi connectivity index (χ1v) is 4.56. The molecule has 3 N–H and O–H groups in total. The molecule has 2 aromatic rings. The maximum Gasteiger partial charge on any atom is 0.281 e. The van der Waals surface area contributed by atoms with Gasteiger partial charge in [-0.2, -0.15) is 0 Å². The number of hydrogen-bond acceptors (Lipinski definition) is 6. The second-order valence-corrected chi connectivity index (χ2v) is 3.15. The maximum absolute atomic E-state index is 11.6. The highest BCUT2D eigenvalue weighted by Crippen LogP contribution is 2.18. The van der Waals surface area contributed by atoms with Crippen LogP contribution in [-0.4, -0.2) is 21.2 Å². The van der Waals surface area contributed by atoms with Crippen molar-refractivity contribution in [2.45, 2.75) is 0 Å². The van der Waals surface area contributed by atoms with E-state index in [0.717, 1.165) is 0 Å². The van der Waals surface area contributed by atoms with Crippen LogP contribution in [0.2, 0.25) is 5.15 Å². The van der Waals surface area contributed by atoms with Crippen LogP contribution in [0.25, 0.3) is 0 Å². The number of nitrogens with one attached hydrogen (secondary N) is 1. The molecular weight excluding hydrogens is 234 g/mol. The van der Waals surface area contributed by atoms with E-state index in [1.54, 1.807) is 12.1 Å². The number of nitrogens with two attached hydrogens (primary N) is 1. The van der Waals surface area contributed by atoms with E-state index in [1.807, 2.05) is 0 Å². The molecule has 0 bridgehead atoms. The van der Waals surface area contributed by atoms with Crippen molar-refractivity contribution >= 4 is 29.0 Å². The molecule has 0 saturated heterocycles. The molecule has 0 aliphatic heterocycles. The van der Waals surface area contributed by atoms with Gasteiger partial charge in [0.1, 0.15) is 0 Å². The maximum atomic E-state index is 11.6. The lowest BCUT2D eigenvalue weighted by Gasteiger charge is -2.03. The van der Waals surface area contributed by atoms with E-state index < -0.39 is 5.91 Å². The molecule has 7 nitrogen and oxygen atoms in total. The van der Waals surface area contributed by atoms with Gasteiger partial charge in [-0.3, -0.25) is 4.79 Å². The number of pyridine rings is 1. The van der Waals surface area contributed by atoms with Gasteiger partial charge in [-0.05, 0) is 22.4 Å². The second-order valence-electron chi connectivity index (χ2n) is 2.79. The summed E-state index contributed by atoms with van der Waals surface area (Å²) < 4.78 is 4.30. The summed E-state index contributed by atoms with van der Waals surface area (Å²) in [4.78, 5) is 15.4. The highest BCUT2D eigenvalue weighted by molar-refractivity contribution is 6.32. The zero-order chi connectivity index (χ0) is 11.5. The van der Waals surface area contributed by atoms with Gasteiger partial charge in [0.15, 0.2) is 5.15 Å². The van der Waals surface area contributed by atoms with Gasteiger partial charge in [-0.25, -0.2) is 9.61 Å². The Hall–Kier alpha value is -2.15. The van der Waals surface area contributed by atoms with Crippen LogP contribution >= 0.6 is 11.6 Å². The number of carbonyl (C=O) groups is 1. The summed E-state index contributed by atoms with van der Waals surface area (Å²) >= 11 is 5.75. The van der Waals surface area contributed by atoms with Crippen LogP contribution in [0.1, 0.15) is 10.5 Å². The van der Waals surface area contributed by atoms with E-state index in [1.165, 1.54) is 6.20 Å². The van der Waals surface area contributed by atoms with Crippen LogP contribution in [0.15, 0.2) is 23.0 Å². The first-order chi connectivity index (χ1) is 7.68. The van der Waals surface area contributed by atoms with Crippen molar-refractivity contribution in [3.63, 3.8) is 0 Å². The van der Waals surface area contributed by atoms with Crippen molar-refractivity contribution in [3.8, 4) is 0 Å². The molecule has 0 aliphatic carbocycles. The predicted octanol–water partition coefficient (Wildman–Crippen LogP) is 0.952. The standard InChI is InChI=1S/C8H6ClN5O2/c9-6-4(2-1-3-11-6)12-8(15)5-7(10)14-16-13-5/h1-3H,(H2,10,14)(H,12,15). The minimum Gasteiger partial charge on any atom is -0.379 e. The molecular formula is C8H6ClN5O2. The van der Waals surface area contributed by atoms with Crippen molar-refractivity contribution in [1.82, 2.24) is 15.3 Å². The van der Waals surface area contributed by atoms with Crippen LogP contribution in [0.3, 0.4) is 0 Å². The zero-order valence-corrected chi connectivity index (χ0v) is 8.60. The highest BCUT2D eigenvalue weighted by Gasteiger charge is 2.16. The fourth-order valence-electron chi connectivity index (χ4n) is 1.01. The molecule has 1 amide bonds. The van der Waals surface area contributed by atoms with E-state index in [2.05, 4.69) is 25.2 Å². The quantitative estimate of drug-likeness (QED) is 0.756. The van der Waals surface area contributed by atoms with Gasteiger partial charge in [-0.1, -0.05) is 11.6 Å². The first-order valence-electron chi connectivity index (χ1n) is 4.18. The minimum atomic E-state index is -0.561. The van der Waals surface area contributed by atoms with Gasteiger partial charge in [0.05, 0.1) is 5.69 Å². The number of aromatic nitrogens is 3. The van der Waals surface area contributed by atoms with Crippen molar-refractivity contribution in [2.24, 2.45) is 0 Å². The third-order valence-electron chi connectivity index (χ3n) is 1.74. The Kier molecular flexibility index (Phi) is 2.69. The summed E-state index contributed by atoms with van der Waals surface area (Å²) in [6, 6.07) is 3.23. The lowest BCUT2D eigenvalue weighted by molar-refractivity contribution is 0.101. The number of anilines is 2. The van der Waals surface area contributed by atoms with Gasteiger partial charge in [0.25, 0.3) is 5.91 Å². The summed E-state index contributed by atoms with van der Waals surface area (Å²) in [6.07, 6.45) is 1.50. The Morgan fingerprint density at radius 2 is 2.31 bits per heavy atom. The van der Waals surface area contributed by atoms with E-state index in [-0.39, 0.29) is 16.7 Å². The number of nitrogens with zero attached hydrogens (tertiary/aromatic N) is 3. The normalized spacial score (nSPS) is 10.1. The molecule has 0 aliphatic rings. The lowest BCUT2D eigenvalue weighted by Crippen LogP contribution is -2.14. The zero-order valence-electron chi connectivity index (χ0n) is 7.85. The van der Waals surface area contributed by atoms with Crippen molar-refractivity contribution in [2.75, 3.05) is 11.1 Å². The molecule has 8 heteroatoms. The number of nitrogen functional groups attached to an aromatic ring is 1.